The molecule has 0 amide bonds. The van der Waals surface area contributed by atoms with Crippen molar-refractivity contribution in [2.24, 2.45) is 0 Å². The molecule has 3 unspecified atom stereocenters. The molecule has 0 aromatic heterocycles. The molecule has 1 saturated heterocycles. The molecule has 1 fully saturated rings. The van der Waals surface area contributed by atoms with E-state index in [1.165, 1.54) is 11.1 Å². The molecule has 1 aromatic carbocycles. The fraction of sp³-hybridized carbons (Fsp3) is 0.667. The maximum Gasteiger partial charge on any atom is 0.0702 e. The summed E-state index contributed by atoms with van der Waals surface area (Å²) in [6.45, 7) is 9.59. The van der Waals surface area contributed by atoms with Crippen LogP contribution < -0.4 is 5.32 Å². The van der Waals surface area contributed by atoms with E-state index in [4.69, 9.17) is 4.74 Å². The molecular weight excluding hydrogens is 260 g/mol. The van der Waals surface area contributed by atoms with Crippen LogP contribution in [0.2, 0.25) is 0 Å². The van der Waals surface area contributed by atoms with Crippen molar-refractivity contribution in [1.82, 2.24) is 10.2 Å². The molecule has 3 atom stereocenters. The average molecular weight is 290 g/mol. The number of nitrogens with one attached hydrogen (secondary N) is 1. The largest absolute Gasteiger partial charge is 0.377 e. The smallest absolute Gasteiger partial charge is 0.0702 e. The van der Waals surface area contributed by atoms with E-state index in [-0.39, 0.29) is 0 Å². The molecule has 0 radical (unpaired) electrons. The van der Waals surface area contributed by atoms with Crippen molar-refractivity contribution in [1.29, 1.82) is 0 Å². The molecule has 118 valence electrons. The highest BCUT2D eigenvalue weighted by molar-refractivity contribution is 5.28. The molecule has 1 aromatic rings. The number of ether oxygens (including phenoxy) is 1. The average Bonchev–Trinajstić information content (AvgIpc) is 2.90. The van der Waals surface area contributed by atoms with Crippen molar-refractivity contribution in [2.75, 3.05) is 26.7 Å². The van der Waals surface area contributed by atoms with Gasteiger partial charge in [0.2, 0.25) is 0 Å². The molecule has 0 aliphatic carbocycles. The normalized spacial score (nSPS) is 23.7. The SMILES string of the molecule is CCNC(CCN(C)C1CCOC1C)c1ccccc1C. The minimum Gasteiger partial charge on any atom is -0.377 e. The first kappa shape index (κ1) is 16.5. The van der Waals surface area contributed by atoms with Gasteiger partial charge in [-0.2, -0.15) is 0 Å². The zero-order valence-electron chi connectivity index (χ0n) is 13.9. The maximum absolute atomic E-state index is 5.69. The van der Waals surface area contributed by atoms with Crippen molar-refractivity contribution in [3.63, 3.8) is 0 Å². The van der Waals surface area contributed by atoms with Crippen LogP contribution >= 0.6 is 0 Å². The Labute approximate surface area is 129 Å². The van der Waals surface area contributed by atoms with Gasteiger partial charge in [-0.05, 0) is 51.4 Å². The molecule has 3 heteroatoms. The number of hydrogen-bond acceptors (Lipinski definition) is 3. The van der Waals surface area contributed by atoms with Crippen molar-refractivity contribution >= 4 is 0 Å². The van der Waals surface area contributed by atoms with Gasteiger partial charge in [-0.15, -0.1) is 0 Å². The summed E-state index contributed by atoms with van der Waals surface area (Å²) >= 11 is 0. The van der Waals surface area contributed by atoms with Gasteiger partial charge in [-0.25, -0.2) is 0 Å². The van der Waals surface area contributed by atoms with E-state index in [9.17, 15) is 0 Å². The Hall–Kier alpha value is -0.900. The highest BCUT2D eigenvalue weighted by Gasteiger charge is 2.28. The van der Waals surface area contributed by atoms with E-state index < -0.39 is 0 Å². The molecule has 1 N–H and O–H groups in total. The lowest BCUT2D eigenvalue weighted by molar-refractivity contribution is 0.0823. The maximum atomic E-state index is 5.69. The minimum absolute atomic E-state index is 0.367. The summed E-state index contributed by atoms with van der Waals surface area (Å²) in [5, 5.41) is 3.64. The predicted octanol–water partition coefficient (Wildman–Crippen LogP) is 3.14. The van der Waals surface area contributed by atoms with Gasteiger partial charge in [-0.1, -0.05) is 31.2 Å². The quantitative estimate of drug-likeness (QED) is 0.835. The van der Waals surface area contributed by atoms with Crippen molar-refractivity contribution in [3.05, 3.63) is 35.4 Å². The first-order chi connectivity index (χ1) is 10.1. The van der Waals surface area contributed by atoms with Gasteiger partial charge in [-0.3, -0.25) is 0 Å². The summed E-state index contributed by atoms with van der Waals surface area (Å²) < 4.78 is 5.69. The van der Waals surface area contributed by atoms with Crippen LogP contribution in [0.4, 0.5) is 0 Å². The van der Waals surface area contributed by atoms with E-state index in [2.05, 4.69) is 62.3 Å². The van der Waals surface area contributed by atoms with Crippen molar-refractivity contribution in [3.8, 4) is 0 Å². The Kier molecular flexibility index (Phi) is 6.22. The number of nitrogens with zero attached hydrogens (tertiary/aromatic N) is 1. The van der Waals surface area contributed by atoms with Crippen LogP contribution in [-0.2, 0) is 4.74 Å². The zero-order chi connectivity index (χ0) is 15.2. The highest BCUT2D eigenvalue weighted by atomic mass is 16.5. The number of hydrogen-bond donors (Lipinski definition) is 1. The third-order valence-corrected chi connectivity index (χ3v) is 4.69. The van der Waals surface area contributed by atoms with E-state index >= 15 is 0 Å². The Balaban J connectivity index is 1.95. The van der Waals surface area contributed by atoms with Gasteiger partial charge in [0.25, 0.3) is 0 Å². The van der Waals surface area contributed by atoms with Crippen LogP contribution in [0.1, 0.15) is 43.9 Å². The standard InChI is InChI=1S/C18H30N2O/c1-5-19-17(16-9-7-6-8-14(16)2)10-12-20(4)18-11-13-21-15(18)3/h6-9,15,17-19H,5,10-13H2,1-4H3. The molecule has 3 nitrogen and oxygen atoms in total. The van der Waals surface area contributed by atoms with Gasteiger partial charge in [0.05, 0.1) is 6.10 Å². The predicted molar refractivity (Wildman–Crippen MR) is 88.7 cm³/mol. The Morgan fingerprint density at radius 3 is 2.76 bits per heavy atom. The first-order valence-electron chi connectivity index (χ1n) is 8.24. The summed E-state index contributed by atoms with van der Waals surface area (Å²) in [6, 6.07) is 9.73. The Bertz CT molecular complexity index is 435. The molecule has 0 spiro atoms. The summed E-state index contributed by atoms with van der Waals surface area (Å²) in [5.74, 6) is 0. The van der Waals surface area contributed by atoms with Crippen molar-refractivity contribution in [2.45, 2.75) is 51.8 Å². The van der Waals surface area contributed by atoms with Gasteiger partial charge in [0, 0.05) is 25.2 Å². The van der Waals surface area contributed by atoms with Gasteiger partial charge in [0.15, 0.2) is 0 Å². The fourth-order valence-corrected chi connectivity index (χ4v) is 3.39. The highest BCUT2D eigenvalue weighted by Crippen LogP contribution is 2.23. The second kappa shape index (κ2) is 7.92. The van der Waals surface area contributed by atoms with E-state index in [0.29, 0.717) is 18.2 Å². The second-order valence-electron chi connectivity index (χ2n) is 6.17. The lowest BCUT2D eigenvalue weighted by Crippen LogP contribution is -2.38. The second-order valence-corrected chi connectivity index (χ2v) is 6.17. The molecule has 2 rings (SSSR count). The van der Waals surface area contributed by atoms with Crippen LogP contribution in [0, 0.1) is 6.92 Å². The van der Waals surface area contributed by atoms with Crippen LogP contribution in [0.25, 0.3) is 0 Å². The molecule has 1 aliphatic heterocycles. The van der Waals surface area contributed by atoms with Crippen LogP contribution in [0.3, 0.4) is 0 Å². The summed E-state index contributed by atoms with van der Waals surface area (Å²) in [6.07, 6.45) is 2.66. The Morgan fingerprint density at radius 1 is 1.38 bits per heavy atom. The van der Waals surface area contributed by atoms with Crippen LogP contribution in [0.5, 0.6) is 0 Å². The first-order valence-corrected chi connectivity index (χ1v) is 8.24. The van der Waals surface area contributed by atoms with Gasteiger partial charge >= 0.3 is 0 Å². The van der Waals surface area contributed by atoms with E-state index in [0.717, 1.165) is 32.5 Å². The molecule has 1 aliphatic rings. The fourth-order valence-electron chi connectivity index (χ4n) is 3.39. The lowest BCUT2D eigenvalue weighted by atomic mass is 9.98. The summed E-state index contributed by atoms with van der Waals surface area (Å²) in [7, 11) is 2.23. The molecule has 0 saturated carbocycles. The molecule has 21 heavy (non-hydrogen) atoms. The van der Waals surface area contributed by atoms with Crippen molar-refractivity contribution < 1.29 is 4.74 Å². The lowest BCUT2D eigenvalue weighted by Gasteiger charge is -2.29. The Morgan fingerprint density at radius 2 is 2.14 bits per heavy atom. The topological polar surface area (TPSA) is 24.5 Å². The molecular formula is C18H30N2O. The van der Waals surface area contributed by atoms with Gasteiger partial charge in [0.1, 0.15) is 0 Å². The third-order valence-electron chi connectivity index (χ3n) is 4.69. The molecule has 0 bridgehead atoms. The van der Waals surface area contributed by atoms with E-state index in [1.807, 2.05) is 0 Å². The number of benzene rings is 1. The third kappa shape index (κ3) is 4.29. The summed E-state index contributed by atoms with van der Waals surface area (Å²) in [5.41, 5.74) is 2.81. The van der Waals surface area contributed by atoms with Crippen LogP contribution in [0.15, 0.2) is 24.3 Å². The number of rotatable bonds is 7. The minimum atomic E-state index is 0.367. The molecule has 1 heterocycles. The number of aryl methyl sites for hydroxylation is 1. The van der Waals surface area contributed by atoms with E-state index in [1.54, 1.807) is 0 Å². The number of likely N-dealkylation sites (N-methyl/N-ethyl adjacent to an activating group) is 1. The van der Waals surface area contributed by atoms with Crippen LogP contribution in [-0.4, -0.2) is 43.8 Å². The van der Waals surface area contributed by atoms with Gasteiger partial charge < -0.3 is 15.0 Å². The summed E-state index contributed by atoms with van der Waals surface area (Å²) in [4.78, 5) is 2.47. The zero-order valence-corrected chi connectivity index (χ0v) is 13.9. The monoisotopic (exact) mass is 290 g/mol.